The lowest BCUT2D eigenvalue weighted by molar-refractivity contribution is -0.116. The van der Waals surface area contributed by atoms with Crippen molar-refractivity contribution in [2.45, 2.75) is 17.7 Å². The van der Waals surface area contributed by atoms with Gasteiger partial charge >= 0.3 is 0 Å². The van der Waals surface area contributed by atoms with Crippen molar-refractivity contribution < 1.29 is 17.9 Å². The predicted molar refractivity (Wildman–Crippen MR) is 135 cm³/mol. The fraction of sp³-hybridized carbons (Fsp3) is 0.192. The standard InChI is InChI=1S/C26H27N3O4S/c1-29(2)34(31,32)21-8-6-7-19(17-21)27-25(30)16-15-23-22-9-4-5-10-24(22)28-26(23)18-11-13-20(33-3)14-12-18/h4-14,17,28H,15-16H2,1-3H3,(H,27,30). The Morgan fingerprint density at radius 2 is 1.74 bits per heavy atom. The zero-order valence-corrected chi connectivity index (χ0v) is 20.1. The number of carbonyl (C=O) groups is 1. The summed E-state index contributed by atoms with van der Waals surface area (Å²) >= 11 is 0. The summed E-state index contributed by atoms with van der Waals surface area (Å²) in [7, 11) is 1.00. The number of amides is 1. The summed E-state index contributed by atoms with van der Waals surface area (Å²) in [5, 5.41) is 3.90. The van der Waals surface area contributed by atoms with E-state index in [9.17, 15) is 13.2 Å². The summed E-state index contributed by atoms with van der Waals surface area (Å²) in [5.41, 5.74) is 4.48. The fourth-order valence-corrected chi connectivity index (χ4v) is 4.82. The van der Waals surface area contributed by atoms with Gasteiger partial charge in [-0.15, -0.1) is 0 Å². The summed E-state index contributed by atoms with van der Waals surface area (Å²) < 4.78 is 31.2. The molecule has 0 fully saturated rings. The second-order valence-corrected chi connectivity index (χ2v) is 10.3. The number of anilines is 1. The minimum absolute atomic E-state index is 0.133. The van der Waals surface area contributed by atoms with Crippen LogP contribution in [0.2, 0.25) is 0 Å². The van der Waals surface area contributed by atoms with E-state index in [2.05, 4.69) is 10.3 Å². The summed E-state index contributed by atoms with van der Waals surface area (Å²) in [5.74, 6) is 0.588. The minimum atomic E-state index is -3.58. The van der Waals surface area contributed by atoms with Crippen LogP contribution in [0.5, 0.6) is 5.75 Å². The van der Waals surface area contributed by atoms with Crippen LogP contribution in [0.4, 0.5) is 5.69 Å². The zero-order valence-electron chi connectivity index (χ0n) is 19.3. The van der Waals surface area contributed by atoms with Crippen LogP contribution in [0.1, 0.15) is 12.0 Å². The van der Waals surface area contributed by atoms with Crippen LogP contribution >= 0.6 is 0 Å². The number of ether oxygens (including phenoxy) is 1. The van der Waals surface area contributed by atoms with Gasteiger partial charge < -0.3 is 15.0 Å². The van der Waals surface area contributed by atoms with E-state index >= 15 is 0 Å². The first-order valence-electron chi connectivity index (χ1n) is 10.9. The Kier molecular flexibility index (Phi) is 6.72. The fourth-order valence-electron chi connectivity index (χ4n) is 3.87. The lowest BCUT2D eigenvalue weighted by atomic mass is 10.0. The van der Waals surface area contributed by atoms with Crippen molar-refractivity contribution in [1.82, 2.24) is 9.29 Å². The van der Waals surface area contributed by atoms with E-state index in [1.807, 2.05) is 48.5 Å². The monoisotopic (exact) mass is 477 g/mol. The summed E-state index contributed by atoms with van der Waals surface area (Å²) in [4.78, 5) is 16.4. The molecular formula is C26H27N3O4S. The van der Waals surface area contributed by atoms with E-state index in [0.29, 0.717) is 12.1 Å². The molecule has 7 nitrogen and oxygen atoms in total. The number of carbonyl (C=O) groups excluding carboxylic acids is 1. The Morgan fingerprint density at radius 3 is 2.44 bits per heavy atom. The molecule has 0 bridgehead atoms. The number of benzene rings is 3. The number of sulfonamides is 1. The van der Waals surface area contributed by atoms with Gasteiger partial charge in [-0.05, 0) is 66.1 Å². The number of H-pyrrole nitrogens is 1. The molecule has 0 unspecified atom stereocenters. The van der Waals surface area contributed by atoms with E-state index in [1.165, 1.54) is 26.2 Å². The third kappa shape index (κ3) is 4.83. The van der Waals surface area contributed by atoms with Crippen molar-refractivity contribution in [3.8, 4) is 17.0 Å². The highest BCUT2D eigenvalue weighted by Crippen LogP contribution is 2.32. The van der Waals surface area contributed by atoms with E-state index in [0.717, 1.165) is 37.8 Å². The van der Waals surface area contributed by atoms with Crippen LogP contribution < -0.4 is 10.1 Å². The Hall–Kier alpha value is -3.62. The van der Waals surface area contributed by atoms with Crippen LogP contribution in [0, 0.1) is 0 Å². The zero-order chi connectivity index (χ0) is 24.3. The van der Waals surface area contributed by atoms with Crippen molar-refractivity contribution in [2.24, 2.45) is 0 Å². The molecule has 0 aliphatic rings. The third-order valence-corrected chi connectivity index (χ3v) is 7.50. The van der Waals surface area contributed by atoms with Crippen molar-refractivity contribution in [3.63, 3.8) is 0 Å². The molecule has 34 heavy (non-hydrogen) atoms. The van der Waals surface area contributed by atoms with Crippen LogP contribution in [0.25, 0.3) is 22.2 Å². The quantitative estimate of drug-likeness (QED) is 0.386. The largest absolute Gasteiger partial charge is 0.497 e. The van der Waals surface area contributed by atoms with Gasteiger partial charge in [0.1, 0.15) is 5.75 Å². The molecule has 0 saturated heterocycles. The van der Waals surface area contributed by atoms with E-state index in [4.69, 9.17) is 4.74 Å². The first-order chi connectivity index (χ1) is 16.3. The van der Waals surface area contributed by atoms with Crippen molar-refractivity contribution in [1.29, 1.82) is 0 Å². The number of fused-ring (bicyclic) bond motifs is 1. The van der Waals surface area contributed by atoms with Gasteiger partial charge in [-0.3, -0.25) is 4.79 Å². The molecule has 0 aliphatic carbocycles. The molecule has 0 atom stereocenters. The van der Waals surface area contributed by atoms with E-state index in [1.54, 1.807) is 19.2 Å². The van der Waals surface area contributed by atoms with E-state index < -0.39 is 10.0 Å². The highest BCUT2D eigenvalue weighted by Gasteiger charge is 2.18. The van der Waals surface area contributed by atoms with E-state index in [-0.39, 0.29) is 17.2 Å². The normalized spacial score (nSPS) is 11.6. The molecule has 2 N–H and O–H groups in total. The number of hydrogen-bond acceptors (Lipinski definition) is 4. The average molecular weight is 478 g/mol. The highest BCUT2D eigenvalue weighted by molar-refractivity contribution is 7.89. The van der Waals surface area contributed by atoms with Gasteiger partial charge in [0.25, 0.3) is 0 Å². The van der Waals surface area contributed by atoms with Gasteiger partial charge in [0, 0.05) is 42.8 Å². The molecule has 1 amide bonds. The average Bonchev–Trinajstić information content (AvgIpc) is 3.21. The van der Waals surface area contributed by atoms with Gasteiger partial charge in [-0.25, -0.2) is 12.7 Å². The number of para-hydroxylation sites is 1. The molecule has 4 rings (SSSR count). The summed E-state index contributed by atoms with van der Waals surface area (Å²) in [6.45, 7) is 0. The highest BCUT2D eigenvalue weighted by atomic mass is 32.2. The second kappa shape index (κ2) is 9.70. The first kappa shape index (κ1) is 23.5. The lowest BCUT2D eigenvalue weighted by Crippen LogP contribution is -2.22. The summed E-state index contributed by atoms with van der Waals surface area (Å²) in [6, 6.07) is 22.1. The van der Waals surface area contributed by atoms with Gasteiger partial charge in [-0.2, -0.15) is 0 Å². The molecule has 176 valence electrons. The van der Waals surface area contributed by atoms with Crippen LogP contribution in [-0.2, 0) is 21.2 Å². The van der Waals surface area contributed by atoms with Gasteiger partial charge in [0.05, 0.1) is 12.0 Å². The maximum Gasteiger partial charge on any atom is 0.242 e. The lowest BCUT2D eigenvalue weighted by Gasteiger charge is -2.13. The number of aromatic nitrogens is 1. The van der Waals surface area contributed by atoms with Crippen LogP contribution in [0.3, 0.4) is 0 Å². The molecular weight excluding hydrogens is 450 g/mol. The number of nitrogens with zero attached hydrogens (tertiary/aromatic N) is 1. The number of rotatable bonds is 8. The topological polar surface area (TPSA) is 91.5 Å². The molecule has 1 heterocycles. The van der Waals surface area contributed by atoms with Crippen molar-refractivity contribution in [2.75, 3.05) is 26.5 Å². The van der Waals surface area contributed by atoms with Gasteiger partial charge in [0.2, 0.25) is 15.9 Å². The second-order valence-electron chi connectivity index (χ2n) is 8.12. The SMILES string of the molecule is COc1ccc(-c2[nH]c3ccccc3c2CCC(=O)Nc2cccc(S(=O)(=O)N(C)C)c2)cc1. The number of methoxy groups -OCH3 is 1. The van der Waals surface area contributed by atoms with Crippen LogP contribution in [0.15, 0.2) is 77.7 Å². The number of aryl methyl sites for hydroxylation is 1. The smallest absolute Gasteiger partial charge is 0.242 e. The van der Waals surface area contributed by atoms with Gasteiger partial charge in [0.15, 0.2) is 0 Å². The Bertz CT molecular complexity index is 1420. The molecule has 4 aromatic rings. The predicted octanol–water partition coefficient (Wildman–Crippen LogP) is 4.67. The Morgan fingerprint density at radius 1 is 1.00 bits per heavy atom. The maximum absolute atomic E-state index is 12.8. The van der Waals surface area contributed by atoms with Gasteiger partial charge in [-0.1, -0.05) is 24.3 Å². The molecule has 0 radical (unpaired) electrons. The molecule has 0 saturated carbocycles. The Balaban J connectivity index is 1.55. The summed E-state index contributed by atoms with van der Waals surface area (Å²) in [6.07, 6.45) is 0.766. The molecule has 0 aliphatic heterocycles. The maximum atomic E-state index is 12.8. The Labute approximate surface area is 199 Å². The molecule has 8 heteroatoms. The minimum Gasteiger partial charge on any atom is -0.497 e. The van der Waals surface area contributed by atoms with Crippen molar-refractivity contribution in [3.05, 3.63) is 78.4 Å². The molecule has 3 aromatic carbocycles. The molecule has 0 spiro atoms. The number of hydrogen-bond donors (Lipinski definition) is 2. The van der Waals surface area contributed by atoms with Crippen molar-refractivity contribution >= 4 is 32.5 Å². The molecule has 1 aromatic heterocycles. The van der Waals surface area contributed by atoms with Crippen LogP contribution in [-0.4, -0.2) is 44.8 Å². The third-order valence-electron chi connectivity index (χ3n) is 5.69. The first-order valence-corrected chi connectivity index (χ1v) is 12.3. The number of aromatic amines is 1. The number of nitrogens with one attached hydrogen (secondary N) is 2.